The van der Waals surface area contributed by atoms with E-state index >= 15 is 0 Å². The number of hydrogen-bond donors (Lipinski definition) is 1. The van der Waals surface area contributed by atoms with Crippen molar-refractivity contribution in [1.29, 1.82) is 0 Å². The van der Waals surface area contributed by atoms with Crippen molar-refractivity contribution in [2.24, 2.45) is 0 Å². The fourth-order valence-corrected chi connectivity index (χ4v) is 1.75. The van der Waals surface area contributed by atoms with Crippen molar-refractivity contribution in [2.75, 3.05) is 5.73 Å². The number of benzene rings is 1. The maximum absolute atomic E-state index is 13.3. The molecule has 0 aliphatic heterocycles. The average Bonchev–Trinajstić information content (AvgIpc) is 2.16. The van der Waals surface area contributed by atoms with Gasteiger partial charge in [0.15, 0.2) is 0 Å². The molecule has 0 aliphatic carbocycles. The SMILES string of the molecule is Nc1cnc2c(F)ccc(Cl)c2c1Cl. The van der Waals surface area contributed by atoms with Crippen LogP contribution in [-0.4, -0.2) is 4.98 Å². The monoisotopic (exact) mass is 230 g/mol. The van der Waals surface area contributed by atoms with Gasteiger partial charge in [-0.05, 0) is 12.1 Å². The Labute approximate surface area is 89.4 Å². The Morgan fingerprint density at radius 3 is 2.71 bits per heavy atom. The number of fused-ring (bicyclic) bond motifs is 1. The molecule has 0 bridgehead atoms. The number of hydrogen-bond acceptors (Lipinski definition) is 2. The summed E-state index contributed by atoms with van der Waals surface area (Å²) >= 11 is 11.7. The molecule has 0 atom stereocenters. The van der Waals surface area contributed by atoms with E-state index in [1.807, 2.05) is 0 Å². The zero-order chi connectivity index (χ0) is 10.3. The van der Waals surface area contributed by atoms with Gasteiger partial charge in [0.05, 0.1) is 21.9 Å². The summed E-state index contributed by atoms with van der Waals surface area (Å²) in [6.45, 7) is 0. The van der Waals surface area contributed by atoms with Crippen molar-refractivity contribution >= 4 is 39.8 Å². The first-order chi connectivity index (χ1) is 6.61. The summed E-state index contributed by atoms with van der Waals surface area (Å²) in [4.78, 5) is 3.83. The van der Waals surface area contributed by atoms with E-state index in [-0.39, 0.29) is 16.2 Å². The van der Waals surface area contributed by atoms with Gasteiger partial charge in [0.1, 0.15) is 11.3 Å². The number of rotatable bonds is 0. The van der Waals surface area contributed by atoms with Gasteiger partial charge in [-0.2, -0.15) is 0 Å². The molecule has 0 unspecified atom stereocenters. The Bertz CT molecular complexity index is 514. The summed E-state index contributed by atoms with van der Waals surface area (Å²) in [5, 5.41) is 0.930. The highest BCUT2D eigenvalue weighted by molar-refractivity contribution is 6.43. The van der Waals surface area contributed by atoms with Crippen LogP contribution in [0.4, 0.5) is 10.1 Å². The van der Waals surface area contributed by atoms with Gasteiger partial charge >= 0.3 is 0 Å². The highest BCUT2D eigenvalue weighted by Crippen LogP contribution is 2.33. The van der Waals surface area contributed by atoms with Gasteiger partial charge in [-0.15, -0.1) is 0 Å². The number of nitrogens with two attached hydrogens (primary N) is 1. The maximum atomic E-state index is 13.3. The van der Waals surface area contributed by atoms with Crippen molar-refractivity contribution in [3.8, 4) is 0 Å². The predicted molar refractivity (Wildman–Crippen MR) is 56.1 cm³/mol. The third-order valence-corrected chi connectivity index (χ3v) is 2.61. The molecular formula is C9H5Cl2FN2. The topological polar surface area (TPSA) is 38.9 Å². The minimum absolute atomic E-state index is 0.136. The van der Waals surface area contributed by atoms with Gasteiger partial charge < -0.3 is 5.73 Å². The predicted octanol–water partition coefficient (Wildman–Crippen LogP) is 3.26. The van der Waals surface area contributed by atoms with Crippen LogP contribution in [0, 0.1) is 5.82 Å². The number of anilines is 1. The molecule has 0 aliphatic rings. The Morgan fingerprint density at radius 1 is 1.29 bits per heavy atom. The largest absolute Gasteiger partial charge is 0.396 e. The number of nitrogen functional groups attached to an aromatic ring is 1. The van der Waals surface area contributed by atoms with E-state index in [4.69, 9.17) is 28.9 Å². The Morgan fingerprint density at radius 2 is 2.00 bits per heavy atom. The Balaban J connectivity index is 3.01. The normalized spacial score (nSPS) is 10.8. The quantitative estimate of drug-likeness (QED) is 0.755. The van der Waals surface area contributed by atoms with E-state index < -0.39 is 5.82 Å². The molecule has 0 saturated carbocycles. The summed E-state index contributed by atoms with van der Waals surface area (Å²) in [6, 6.07) is 2.66. The second-order valence-electron chi connectivity index (χ2n) is 2.78. The van der Waals surface area contributed by atoms with Gasteiger partial charge in [-0.1, -0.05) is 23.2 Å². The minimum Gasteiger partial charge on any atom is -0.396 e. The zero-order valence-corrected chi connectivity index (χ0v) is 8.40. The molecule has 72 valence electrons. The van der Waals surface area contributed by atoms with Gasteiger partial charge in [0.25, 0.3) is 0 Å². The lowest BCUT2D eigenvalue weighted by molar-refractivity contribution is 0.637. The van der Waals surface area contributed by atoms with Crippen LogP contribution in [0.5, 0.6) is 0 Å². The molecule has 0 saturated heterocycles. The highest BCUT2D eigenvalue weighted by Gasteiger charge is 2.11. The summed E-state index contributed by atoms with van der Waals surface area (Å²) in [7, 11) is 0. The zero-order valence-electron chi connectivity index (χ0n) is 6.89. The van der Waals surface area contributed by atoms with E-state index in [1.54, 1.807) is 0 Å². The Kier molecular flexibility index (Phi) is 2.21. The molecular weight excluding hydrogens is 226 g/mol. The van der Waals surface area contributed by atoms with Crippen LogP contribution in [0.2, 0.25) is 10.0 Å². The molecule has 1 aromatic carbocycles. The summed E-state index contributed by atoms with van der Waals surface area (Å²) in [5.74, 6) is -0.466. The third kappa shape index (κ3) is 1.29. The van der Waals surface area contributed by atoms with Crippen molar-refractivity contribution in [1.82, 2.24) is 4.98 Å². The van der Waals surface area contributed by atoms with Crippen LogP contribution in [0.3, 0.4) is 0 Å². The second-order valence-corrected chi connectivity index (χ2v) is 3.57. The molecule has 0 amide bonds. The molecule has 2 nitrogen and oxygen atoms in total. The molecule has 14 heavy (non-hydrogen) atoms. The maximum Gasteiger partial charge on any atom is 0.149 e. The van der Waals surface area contributed by atoms with E-state index in [0.717, 1.165) is 0 Å². The second kappa shape index (κ2) is 3.26. The fourth-order valence-electron chi connectivity index (χ4n) is 1.21. The van der Waals surface area contributed by atoms with Crippen LogP contribution in [-0.2, 0) is 0 Å². The van der Waals surface area contributed by atoms with Crippen LogP contribution in [0.1, 0.15) is 0 Å². The standard InChI is InChI=1S/C9H5Cl2FN2/c10-4-1-2-5(12)9-7(4)8(11)6(13)3-14-9/h1-3H,13H2. The van der Waals surface area contributed by atoms with Crippen LogP contribution in [0.25, 0.3) is 10.9 Å². The van der Waals surface area contributed by atoms with Crippen LogP contribution < -0.4 is 5.73 Å². The molecule has 0 spiro atoms. The van der Waals surface area contributed by atoms with Gasteiger partial charge in [-0.3, -0.25) is 4.98 Å². The number of halogens is 3. The van der Waals surface area contributed by atoms with E-state index in [0.29, 0.717) is 10.4 Å². The number of aromatic nitrogens is 1. The first-order valence-electron chi connectivity index (χ1n) is 3.79. The van der Waals surface area contributed by atoms with Crippen molar-refractivity contribution in [3.63, 3.8) is 0 Å². The lowest BCUT2D eigenvalue weighted by atomic mass is 10.2. The first kappa shape index (κ1) is 9.49. The van der Waals surface area contributed by atoms with Gasteiger partial charge in [0, 0.05) is 5.39 Å². The Hall–Kier alpha value is -1.06. The lowest BCUT2D eigenvalue weighted by Gasteiger charge is -2.05. The van der Waals surface area contributed by atoms with Gasteiger partial charge in [0.2, 0.25) is 0 Å². The van der Waals surface area contributed by atoms with Crippen molar-refractivity contribution in [3.05, 3.63) is 34.2 Å². The molecule has 1 aromatic heterocycles. The number of nitrogens with zero attached hydrogens (tertiary/aromatic N) is 1. The molecule has 0 fully saturated rings. The van der Waals surface area contributed by atoms with E-state index in [1.165, 1.54) is 18.3 Å². The molecule has 0 radical (unpaired) electrons. The summed E-state index contributed by atoms with van der Waals surface area (Å²) in [5.41, 5.74) is 5.95. The molecule has 5 heteroatoms. The van der Waals surface area contributed by atoms with Crippen molar-refractivity contribution in [2.45, 2.75) is 0 Å². The molecule has 2 N–H and O–H groups in total. The molecule has 2 rings (SSSR count). The highest BCUT2D eigenvalue weighted by atomic mass is 35.5. The van der Waals surface area contributed by atoms with Crippen molar-refractivity contribution < 1.29 is 4.39 Å². The minimum atomic E-state index is -0.466. The average molecular weight is 231 g/mol. The lowest BCUT2D eigenvalue weighted by Crippen LogP contribution is -1.92. The smallest absolute Gasteiger partial charge is 0.149 e. The molecule has 2 aromatic rings. The number of pyridine rings is 1. The fraction of sp³-hybridized carbons (Fsp3) is 0. The van der Waals surface area contributed by atoms with E-state index in [9.17, 15) is 4.39 Å². The van der Waals surface area contributed by atoms with Crippen LogP contribution in [0.15, 0.2) is 18.3 Å². The third-order valence-electron chi connectivity index (χ3n) is 1.88. The first-order valence-corrected chi connectivity index (χ1v) is 4.54. The summed E-state index contributed by atoms with van der Waals surface area (Å²) < 4.78 is 13.3. The van der Waals surface area contributed by atoms with Gasteiger partial charge in [-0.25, -0.2) is 4.39 Å². The van der Waals surface area contributed by atoms with E-state index in [2.05, 4.69) is 4.98 Å². The molecule has 1 heterocycles. The summed E-state index contributed by atoms with van der Waals surface area (Å²) in [6.07, 6.45) is 1.31. The van der Waals surface area contributed by atoms with Crippen LogP contribution >= 0.6 is 23.2 Å².